The number of benzene rings is 1. The lowest BCUT2D eigenvalue weighted by atomic mass is 9.97. The van der Waals surface area contributed by atoms with Gasteiger partial charge in [-0.1, -0.05) is 30.3 Å². The molecule has 0 spiro atoms. The van der Waals surface area contributed by atoms with E-state index in [1.165, 1.54) is 0 Å². The van der Waals surface area contributed by atoms with Gasteiger partial charge < -0.3 is 15.4 Å². The highest BCUT2D eigenvalue weighted by atomic mass is 16.5. The number of hydrogen-bond acceptors (Lipinski definition) is 4. The van der Waals surface area contributed by atoms with Gasteiger partial charge in [-0.3, -0.25) is 0 Å². The summed E-state index contributed by atoms with van der Waals surface area (Å²) >= 11 is 0. The Balaban J connectivity index is 1.49. The third-order valence-corrected chi connectivity index (χ3v) is 4.05. The molecule has 0 unspecified atom stereocenters. The van der Waals surface area contributed by atoms with Crippen molar-refractivity contribution < 1.29 is 9.53 Å². The fourth-order valence-corrected chi connectivity index (χ4v) is 2.84. The lowest BCUT2D eigenvalue weighted by molar-refractivity contribution is 0.00225. The van der Waals surface area contributed by atoms with Gasteiger partial charge in [0.05, 0.1) is 18.3 Å². The van der Waals surface area contributed by atoms with Crippen LogP contribution >= 0.6 is 0 Å². The monoisotopic (exact) mass is 326 g/mol. The number of urea groups is 1. The Morgan fingerprint density at radius 1 is 1.29 bits per heavy atom. The number of nitrogens with one attached hydrogen (secondary N) is 2. The fraction of sp³-hybridized carbons (Fsp3) is 0.389. The van der Waals surface area contributed by atoms with E-state index in [-0.39, 0.29) is 18.2 Å². The highest BCUT2D eigenvalue weighted by Crippen LogP contribution is 2.27. The molecular weight excluding hydrogens is 304 g/mol. The Morgan fingerprint density at radius 3 is 2.92 bits per heavy atom. The maximum Gasteiger partial charge on any atom is 0.315 e. The predicted octanol–water partition coefficient (Wildman–Crippen LogP) is 2.50. The average Bonchev–Trinajstić information content (AvgIpc) is 2.61. The van der Waals surface area contributed by atoms with Crippen LogP contribution in [0.25, 0.3) is 0 Å². The highest BCUT2D eigenvalue weighted by Gasteiger charge is 2.24. The summed E-state index contributed by atoms with van der Waals surface area (Å²) in [7, 11) is 0. The molecule has 2 amide bonds. The second-order valence-electron chi connectivity index (χ2n) is 5.91. The van der Waals surface area contributed by atoms with E-state index in [0.717, 1.165) is 24.1 Å². The first kappa shape index (κ1) is 16.4. The summed E-state index contributed by atoms with van der Waals surface area (Å²) in [6.07, 6.45) is 3.34. The Bertz CT molecular complexity index is 678. The molecule has 0 radical (unpaired) electrons. The van der Waals surface area contributed by atoms with Crippen molar-refractivity contribution >= 4 is 6.03 Å². The van der Waals surface area contributed by atoms with Gasteiger partial charge in [-0.05, 0) is 31.4 Å². The van der Waals surface area contributed by atoms with Gasteiger partial charge in [0.1, 0.15) is 5.82 Å². The molecule has 0 saturated carbocycles. The van der Waals surface area contributed by atoms with Gasteiger partial charge in [0.2, 0.25) is 0 Å². The zero-order chi connectivity index (χ0) is 16.8. The lowest BCUT2D eigenvalue weighted by Crippen LogP contribution is -2.44. The topological polar surface area (TPSA) is 76.1 Å². The van der Waals surface area contributed by atoms with Crippen LogP contribution in [-0.4, -0.2) is 28.6 Å². The van der Waals surface area contributed by atoms with Crippen molar-refractivity contribution in [1.29, 1.82) is 0 Å². The Hall–Kier alpha value is -2.47. The minimum Gasteiger partial charge on any atom is -0.373 e. The molecule has 1 fully saturated rings. The minimum absolute atomic E-state index is 0.0368. The van der Waals surface area contributed by atoms with Crippen molar-refractivity contribution in [2.24, 2.45) is 0 Å². The normalized spacial score (nSPS) is 20.4. The smallest absolute Gasteiger partial charge is 0.315 e. The summed E-state index contributed by atoms with van der Waals surface area (Å²) in [5.74, 6) is 0.699. The summed E-state index contributed by atoms with van der Waals surface area (Å²) in [6.45, 7) is 2.87. The highest BCUT2D eigenvalue weighted by molar-refractivity contribution is 5.74. The van der Waals surface area contributed by atoms with Crippen molar-refractivity contribution in [1.82, 2.24) is 20.6 Å². The number of aromatic nitrogens is 2. The largest absolute Gasteiger partial charge is 0.373 e. The first-order valence-electron chi connectivity index (χ1n) is 8.20. The van der Waals surface area contributed by atoms with Crippen molar-refractivity contribution in [3.63, 3.8) is 0 Å². The molecule has 1 aromatic heterocycles. The number of amides is 2. The van der Waals surface area contributed by atoms with Crippen molar-refractivity contribution in [2.75, 3.05) is 6.61 Å². The number of rotatable bonds is 4. The summed E-state index contributed by atoms with van der Waals surface area (Å²) in [6, 6.07) is 11.9. The quantitative estimate of drug-likeness (QED) is 0.905. The Kier molecular flexibility index (Phi) is 5.38. The summed E-state index contributed by atoms with van der Waals surface area (Å²) in [5, 5.41) is 5.88. The fourth-order valence-electron chi connectivity index (χ4n) is 2.84. The van der Waals surface area contributed by atoms with E-state index in [9.17, 15) is 4.79 Å². The van der Waals surface area contributed by atoms with Crippen LogP contribution in [0.3, 0.4) is 0 Å². The number of carbonyl (C=O) groups is 1. The second kappa shape index (κ2) is 7.88. The van der Waals surface area contributed by atoms with Gasteiger partial charge in [-0.25, -0.2) is 14.8 Å². The first-order chi connectivity index (χ1) is 11.7. The maximum absolute atomic E-state index is 12.1. The van der Waals surface area contributed by atoms with Crippen molar-refractivity contribution in [2.45, 2.75) is 38.5 Å². The molecular formula is C18H22N4O2. The van der Waals surface area contributed by atoms with E-state index in [1.54, 1.807) is 12.3 Å². The van der Waals surface area contributed by atoms with Gasteiger partial charge in [0.25, 0.3) is 0 Å². The molecule has 1 saturated heterocycles. The number of hydrogen-bond donors (Lipinski definition) is 2. The number of nitrogens with zero attached hydrogens (tertiary/aromatic N) is 2. The first-order valence-corrected chi connectivity index (χ1v) is 8.20. The van der Waals surface area contributed by atoms with Crippen LogP contribution in [0.1, 0.15) is 36.0 Å². The van der Waals surface area contributed by atoms with E-state index < -0.39 is 0 Å². The van der Waals surface area contributed by atoms with Crippen molar-refractivity contribution in [3.8, 4) is 0 Å². The van der Waals surface area contributed by atoms with Crippen LogP contribution < -0.4 is 10.6 Å². The average molecular weight is 326 g/mol. The zero-order valence-electron chi connectivity index (χ0n) is 13.7. The van der Waals surface area contributed by atoms with Gasteiger partial charge in [0, 0.05) is 18.8 Å². The second-order valence-corrected chi connectivity index (χ2v) is 5.91. The standard InChI is InChI=1S/C18H22N4O2/c1-13-19-9-7-16(21-13)12-20-18(23)22-15-8-10-24-17(11-15)14-5-3-2-4-6-14/h2-7,9,15,17H,8,10-12H2,1H3,(H2,20,22,23)/t15-,17-/m1/s1. The number of carbonyl (C=O) groups excluding carboxylic acids is 1. The maximum atomic E-state index is 12.1. The summed E-state index contributed by atoms with van der Waals surface area (Å²) in [5.41, 5.74) is 1.95. The van der Waals surface area contributed by atoms with Gasteiger partial charge >= 0.3 is 6.03 Å². The van der Waals surface area contributed by atoms with Gasteiger partial charge in [-0.15, -0.1) is 0 Å². The third-order valence-electron chi connectivity index (χ3n) is 4.05. The van der Waals surface area contributed by atoms with Crippen LogP contribution in [-0.2, 0) is 11.3 Å². The summed E-state index contributed by atoms with van der Waals surface area (Å²) < 4.78 is 5.83. The SMILES string of the molecule is Cc1nccc(CNC(=O)N[C@@H]2CCO[C@@H](c3ccccc3)C2)n1. The van der Waals surface area contributed by atoms with Crippen LogP contribution in [0.15, 0.2) is 42.6 Å². The molecule has 6 nitrogen and oxygen atoms in total. The zero-order valence-corrected chi connectivity index (χ0v) is 13.7. The van der Waals surface area contributed by atoms with Crippen molar-refractivity contribution in [3.05, 3.63) is 59.7 Å². The molecule has 2 heterocycles. The van der Waals surface area contributed by atoms with E-state index in [4.69, 9.17) is 4.74 Å². The molecule has 6 heteroatoms. The van der Waals surface area contributed by atoms with Crippen LogP contribution in [0.5, 0.6) is 0 Å². The molecule has 24 heavy (non-hydrogen) atoms. The van der Waals surface area contributed by atoms with E-state index >= 15 is 0 Å². The Morgan fingerprint density at radius 2 is 2.12 bits per heavy atom. The van der Waals surface area contributed by atoms with Gasteiger partial charge in [0.15, 0.2) is 0 Å². The van der Waals surface area contributed by atoms with Crippen LogP contribution in [0.2, 0.25) is 0 Å². The van der Waals surface area contributed by atoms with Crippen LogP contribution in [0, 0.1) is 6.92 Å². The molecule has 1 aliphatic heterocycles. The number of aryl methyl sites for hydroxylation is 1. The number of ether oxygens (including phenoxy) is 1. The predicted molar refractivity (Wildman–Crippen MR) is 90.3 cm³/mol. The summed E-state index contributed by atoms with van der Waals surface area (Å²) in [4.78, 5) is 20.4. The Labute approximate surface area is 141 Å². The molecule has 3 rings (SSSR count). The van der Waals surface area contributed by atoms with E-state index in [2.05, 4.69) is 32.7 Å². The molecule has 126 valence electrons. The lowest BCUT2D eigenvalue weighted by Gasteiger charge is -2.30. The molecule has 0 aliphatic carbocycles. The third kappa shape index (κ3) is 4.52. The molecule has 1 aromatic carbocycles. The molecule has 2 N–H and O–H groups in total. The molecule has 2 aromatic rings. The molecule has 0 bridgehead atoms. The minimum atomic E-state index is -0.176. The van der Waals surface area contributed by atoms with Crippen LogP contribution in [0.4, 0.5) is 4.79 Å². The molecule has 2 atom stereocenters. The van der Waals surface area contributed by atoms with Gasteiger partial charge in [-0.2, -0.15) is 0 Å². The van der Waals surface area contributed by atoms with E-state index in [1.807, 2.05) is 25.1 Å². The van der Waals surface area contributed by atoms with E-state index in [0.29, 0.717) is 19.0 Å². The molecule has 1 aliphatic rings.